The van der Waals surface area contributed by atoms with Gasteiger partial charge in [-0.1, -0.05) is 23.7 Å². The molecule has 0 bridgehead atoms. The largest absolute Gasteiger partial charge is 0.484 e. The highest BCUT2D eigenvalue weighted by Crippen LogP contribution is 2.19. The Hall–Kier alpha value is -2.04. The van der Waals surface area contributed by atoms with E-state index in [2.05, 4.69) is 5.32 Å². The number of rotatable bonds is 5. The molecule has 0 radical (unpaired) electrons. The number of benzene rings is 2. The van der Waals surface area contributed by atoms with Gasteiger partial charge in [0.05, 0.1) is 6.10 Å². The molecule has 2 rings (SSSR count). The van der Waals surface area contributed by atoms with Gasteiger partial charge in [0.25, 0.3) is 5.91 Å². The van der Waals surface area contributed by atoms with E-state index in [4.69, 9.17) is 16.3 Å². The Kier molecular flexibility index (Phi) is 5.20. The Morgan fingerprint density at radius 3 is 2.67 bits per heavy atom. The predicted molar refractivity (Wildman–Crippen MR) is 82.7 cm³/mol. The molecule has 1 amide bonds. The monoisotopic (exact) mass is 305 g/mol. The fraction of sp³-hybridized carbons (Fsp3) is 0.188. The number of hydrogen-bond donors (Lipinski definition) is 2. The van der Waals surface area contributed by atoms with E-state index in [1.807, 2.05) is 0 Å². The highest BCUT2D eigenvalue weighted by Gasteiger charge is 2.06. The van der Waals surface area contributed by atoms with Crippen LogP contribution >= 0.6 is 11.6 Å². The Bertz CT molecular complexity index is 611. The molecule has 0 aliphatic rings. The molecule has 0 aromatic heterocycles. The van der Waals surface area contributed by atoms with E-state index in [9.17, 15) is 9.90 Å². The van der Waals surface area contributed by atoms with Crippen LogP contribution in [0.3, 0.4) is 0 Å². The maximum atomic E-state index is 11.8. The molecule has 4 nitrogen and oxygen atoms in total. The molecule has 2 aromatic rings. The SMILES string of the molecule is C[C@H](O)c1cccc(OCC(=O)Nc2ccc(Cl)cc2)c1. The third kappa shape index (κ3) is 4.77. The lowest BCUT2D eigenvalue weighted by atomic mass is 10.1. The first-order valence-electron chi connectivity index (χ1n) is 6.51. The van der Waals surface area contributed by atoms with Crippen molar-refractivity contribution in [3.63, 3.8) is 0 Å². The summed E-state index contributed by atoms with van der Waals surface area (Å²) in [4.78, 5) is 11.8. The fourth-order valence-corrected chi connectivity index (χ4v) is 1.87. The zero-order valence-corrected chi connectivity index (χ0v) is 12.3. The summed E-state index contributed by atoms with van der Waals surface area (Å²) in [6, 6.07) is 13.8. The van der Waals surface area contributed by atoms with E-state index in [-0.39, 0.29) is 12.5 Å². The molecule has 2 N–H and O–H groups in total. The highest BCUT2D eigenvalue weighted by atomic mass is 35.5. The van der Waals surface area contributed by atoms with Crippen LogP contribution in [0, 0.1) is 0 Å². The maximum Gasteiger partial charge on any atom is 0.262 e. The van der Waals surface area contributed by atoms with Gasteiger partial charge in [0.1, 0.15) is 5.75 Å². The summed E-state index contributed by atoms with van der Waals surface area (Å²) in [5.41, 5.74) is 1.40. The standard InChI is InChI=1S/C16H16ClNO3/c1-11(19)12-3-2-4-15(9-12)21-10-16(20)18-14-7-5-13(17)6-8-14/h2-9,11,19H,10H2,1H3,(H,18,20)/t11-/m0/s1. The van der Waals surface area contributed by atoms with Crippen LogP contribution in [0.2, 0.25) is 5.02 Å². The topological polar surface area (TPSA) is 58.6 Å². The van der Waals surface area contributed by atoms with Crippen LogP contribution in [0.15, 0.2) is 48.5 Å². The summed E-state index contributed by atoms with van der Waals surface area (Å²) in [6.45, 7) is 1.57. The third-order valence-electron chi connectivity index (χ3n) is 2.84. The Morgan fingerprint density at radius 2 is 2.00 bits per heavy atom. The lowest BCUT2D eigenvalue weighted by molar-refractivity contribution is -0.118. The van der Waals surface area contributed by atoms with Crippen molar-refractivity contribution < 1.29 is 14.6 Å². The molecule has 21 heavy (non-hydrogen) atoms. The minimum atomic E-state index is -0.573. The molecule has 0 heterocycles. The quantitative estimate of drug-likeness (QED) is 0.890. The first-order chi connectivity index (χ1) is 10.0. The molecule has 0 spiro atoms. The second kappa shape index (κ2) is 7.11. The number of carbonyl (C=O) groups is 1. The number of aliphatic hydroxyl groups is 1. The van der Waals surface area contributed by atoms with Crippen molar-refractivity contribution in [2.24, 2.45) is 0 Å². The van der Waals surface area contributed by atoms with Crippen LogP contribution in [0.1, 0.15) is 18.6 Å². The van der Waals surface area contributed by atoms with Crippen LogP contribution in [-0.4, -0.2) is 17.6 Å². The van der Waals surface area contributed by atoms with E-state index in [0.717, 1.165) is 5.56 Å². The van der Waals surface area contributed by atoms with Crippen LogP contribution in [0.4, 0.5) is 5.69 Å². The second-order valence-corrected chi connectivity index (χ2v) is 5.03. The van der Waals surface area contributed by atoms with Crippen molar-refractivity contribution >= 4 is 23.2 Å². The minimum absolute atomic E-state index is 0.105. The maximum absolute atomic E-state index is 11.8. The molecule has 0 aliphatic carbocycles. The van der Waals surface area contributed by atoms with Crippen molar-refractivity contribution in [3.8, 4) is 5.75 Å². The summed E-state index contributed by atoms with van der Waals surface area (Å²) in [5, 5.41) is 12.8. The van der Waals surface area contributed by atoms with Crippen molar-refractivity contribution in [2.45, 2.75) is 13.0 Å². The van der Waals surface area contributed by atoms with E-state index in [1.54, 1.807) is 55.5 Å². The molecule has 110 valence electrons. The molecule has 0 saturated carbocycles. The lowest BCUT2D eigenvalue weighted by Crippen LogP contribution is -2.20. The van der Waals surface area contributed by atoms with Crippen LogP contribution < -0.4 is 10.1 Å². The summed E-state index contributed by atoms with van der Waals surface area (Å²) in [6.07, 6.45) is -0.573. The molecule has 0 saturated heterocycles. The number of amides is 1. The van der Waals surface area contributed by atoms with Gasteiger partial charge in [0.2, 0.25) is 0 Å². The van der Waals surface area contributed by atoms with Crippen molar-refractivity contribution in [2.75, 3.05) is 11.9 Å². The summed E-state index contributed by atoms with van der Waals surface area (Å²) in [5.74, 6) is 0.277. The van der Waals surface area contributed by atoms with Crippen LogP contribution in [0.5, 0.6) is 5.75 Å². The predicted octanol–water partition coefficient (Wildman–Crippen LogP) is 3.41. The van der Waals surface area contributed by atoms with Gasteiger partial charge in [-0.3, -0.25) is 4.79 Å². The second-order valence-electron chi connectivity index (χ2n) is 4.59. The number of hydrogen-bond acceptors (Lipinski definition) is 3. The molecule has 0 unspecified atom stereocenters. The lowest BCUT2D eigenvalue weighted by Gasteiger charge is -2.10. The van der Waals surface area contributed by atoms with Gasteiger partial charge in [-0.05, 0) is 48.9 Å². The van der Waals surface area contributed by atoms with E-state index >= 15 is 0 Å². The Morgan fingerprint density at radius 1 is 1.29 bits per heavy atom. The summed E-state index contributed by atoms with van der Waals surface area (Å²) in [7, 11) is 0. The number of halogens is 1. The first-order valence-corrected chi connectivity index (χ1v) is 6.88. The number of nitrogens with one attached hydrogen (secondary N) is 1. The van der Waals surface area contributed by atoms with Gasteiger partial charge >= 0.3 is 0 Å². The number of ether oxygens (including phenoxy) is 1. The van der Waals surface area contributed by atoms with Gasteiger partial charge in [-0.15, -0.1) is 0 Å². The normalized spacial score (nSPS) is 11.8. The average molecular weight is 306 g/mol. The molecule has 2 aromatic carbocycles. The van der Waals surface area contributed by atoms with Gasteiger partial charge in [0.15, 0.2) is 6.61 Å². The minimum Gasteiger partial charge on any atom is -0.484 e. The van der Waals surface area contributed by atoms with E-state index in [1.165, 1.54) is 0 Å². The average Bonchev–Trinajstić information content (AvgIpc) is 2.48. The van der Waals surface area contributed by atoms with E-state index in [0.29, 0.717) is 16.5 Å². The highest BCUT2D eigenvalue weighted by molar-refractivity contribution is 6.30. The van der Waals surface area contributed by atoms with E-state index < -0.39 is 6.10 Å². The molecule has 0 fully saturated rings. The first kappa shape index (κ1) is 15.4. The van der Waals surface area contributed by atoms with Crippen molar-refractivity contribution in [1.29, 1.82) is 0 Å². The van der Waals surface area contributed by atoms with Crippen molar-refractivity contribution in [1.82, 2.24) is 0 Å². The van der Waals surface area contributed by atoms with Gasteiger partial charge < -0.3 is 15.2 Å². The fourth-order valence-electron chi connectivity index (χ4n) is 1.74. The van der Waals surface area contributed by atoms with Crippen molar-refractivity contribution in [3.05, 3.63) is 59.1 Å². The van der Waals surface area contributed by atoms with Gasteiger partial charge in [0, 0.05) is 10.7 Å². The zero-order chi connectivity index (χ0) is 15.2. The smallest absolute Gasteiger partial charge is 0.262 e. The van der Waals surface area contributed by atoms with Crippen LogP contribution in [0.25, 0.3) is 0 Å². The molecular formula is C16H16ClNO3. The molecule has 1 atom stereocenters. The van der Waals surface area contributed by atoms with Crippen LogP contribution in [-0.2, 0) is 4.79 Å². The molecular weight excluding hydrogens is 290 g/mol. The van der Waals surface area contributed by atoms with Gasteiger partial charge in [-0.2, -0.15) is 0 Å². The number of anilines is 1. The molecule has 0 aliphatic heterocycles. The third-order valence-corrected chi connectivity index (χ3v) is 3.09. The Labute approximate surface area is 128 Å². The zero-order valence-electron chi connectivity index (χ0n) is 11.5. The summed E-state index contributed by atoms with van der Waals surface area (Å²) >= 11 is 5.77. The summed E-state index contributed by atoms with van der Waals surface area (Å²) < 4.78 is 5.41. The molecule has 5 heteroatoms. The number of carbonyl (C=O) groups excluding carboxylic acids is 1. The van der Waals surface area contributed by atoms with Gasteiger partial charge in [-0.25, -0.2) is 0 Å². The number of aliphatic hydroxyl groups excluding tert-OH is 1. The Balaban J connectivity index is 1.89.